The fraction of sp³-hybridized carbons (Fsp3) is 0.235. The molecule has 0 aliphatic heterocycles. The molecule has 4 N–H and O–H groups in total. The number of nitrogens with one attached hydrogen (secondary N) is 2. The molecule has 1 aromatic carbocycles. The second-order valence-corrected chi connectivity index (χ2v) is 5.45. The Morgan fingerprint density at radius 3 is 2.50 bits per heavy atom. The molecule has 7 heteroatoms. The molecule has 0 spiro atoms. The first-order chi connectivity index (χ1) is 11.3. The lowest BCUT2D eigenvalue weighted by Gasteiger charge is -2.12. The number of carbonyl (C=O) groups excluding carboxylic acids is 2. The molecule has 1 atom stereocenters. The highest BCUT2D eigenvalue weighted by Crippen LogP contribution is 2.22. The number of primary amides is 1. The molecule has 0 aliphatic carbocycles. The van der Waals surface area contributed by atoms with Crippen molar-refractivity contribution < 1.29 is 14.3 Å². The minimum absolute atomic E-state index is 0.390. The van der Waals surface area contributed by atoms with Crippen molar-refractivity contribution in [3.63, 3.8) is 0 Å². The summed E-state index contributed by atoms with van der Waals surface area (Å²) >= 11 is 0. The van der Waals surface area contributed by atoms with Gasteiger partial charge in [-0.1, -0.05) is 6.07 Å². The lowest BCUT2D eigenvalue weighted by Crippen LogP contribution is -2.44. The molecule has 0 radical (unpaired) electrons. The van der Waals surface area contributed by atoms with Gasteiger partial charge in [0, 0.05) is 6.07 Å². The molecule has 0 bridgehead atoms. The fourth-order valence-corrected chi connectivity index (χ4v) is 1.94. The number of hydrogen-bond donors (Lipinski definition) is 3. The third-order valence-electron chi connectivity index (χ3n) is 3.46. The highest BCUT2D eigenvalue weighted by atomic mass is 16.5. The van der Waals surface area contributed by atoms with E-state index in [2.05, 4.69) is 15.6 Å². The Morgan fingerprint density at radius 2 is 1.92 bits per heavy atom. The average molecular weight is 328 g/mol. The number of amides is 3. The van der Waals surface area contributed by atoms with E-state index in [1.807, 2.05) is 32.0 Å². The van der Waals surface area contributed by atoms with Crippen LogP contribution in [0.25, 0.3) is 0 Å². The summed E-state index contributed by atoms with van der Waals surface area (Å²) in [4.78, 5) is 26.7. The monoisotopic (exact) mass is 328 g/mol. The molecule has 0 saturated carbocycles. The second kappa shape index (κ2) is 7.45. The number of anilines is 1. The zero-order valence-electron chi connectivity index (χ0n) is 13.8. The molecular weight excluding hydrogens is 308 g/mol. The van der Waals surface area contributed by atoms with Gasteiger partial charge in [0.2, 0.25) is 11.8 Å². The summed E-state index contributed by atoms with van der Waals surface area (Å²) in [5.41, 5.74) is 7.79. The maximum Gasteiger partial charge on any atom is 0.312 e. The van der Waals surface area contributed by atoms with E-state index in [1.54, 1.807) is 12.1 Å². The quantitative estimate of drug-likeness (QED) is 0.784. The van der Waals surface area contributed by atoms with Crippen LogP contribution in [0.1, 0.15) is 18.1 Å². The summed E-state index contributed by atoms with van der Waals surface area (Å²) < 4.78 is 5.68. The van der Waals surface area contributed by atoms with E-state index in [1.165, 1.54) is 18.7 Å². The molecule has 24 heavy (non-hydrogen) atoms. The van der Waals surface area contributed by atoms with Gasteiger partial charge in [-0.15, -0.1) is 0 Å². The number of nitrogens with two attached hydrogens (primary N) is 1. The molecule has 2 rings (SSSR count). The summed E-state index contributed by atoms with van der Waals surface area (Å²) in [5, 5.41) is 4.93. The maximum absolute atomic E-state index is 11.9. The number of ether oxygens (including phenoxy) is 1. The van der Waals surface area contributed by atoms with E-state index in [0.717, 1.165) is 5.56 Å². The lowest BCUT2D eigenvalue weighted by atomic mass is 10.1. The van der Waals surface area contributed by atoms with E-state index in [0.29, 0.717) is 17.3 Å². The molecule has 2 aromatic rings. The van der Waals surface area contributed by atoms with Crippen LogP contribution in [-0.2, 0) is 4.79 Å². The molecule has 3 amide bonds. The molecule has 126 valence electrons. The Balaban J connectivity index is 1.98. The second-order valence-electron chi connectivity index (χ2n) is 5.45. The summed E-state index contributed by atoms with van der Waals surface area (Å²) in [7, 11) is 0. The van der Waals surface area contributed by atoms with Crippen LogP contribution in [0.2, 0.25) is 0 Å². The number of carbonyl (C=O) groups is 2. The molecule has 0 fully saturated rings. The van der Waals surface area contributed by atoms with Crippen molar-refractivity contribution in [3.05, 3.63) is 47.7 Å². The Labute approximate surface area is 140 Å². The van der Waals surface area contributed by atoms with E-state index in [4.69, 9.17) is 10.5 Å². The lowest BCUT2D eigenvalue weighted by molar-refractivity contribution is -0.117. The van der Waals surface area contributed by atoms with Crippen molar-refractivity contribution in [3.8, 4) is 11.6 Å². The number of benzene rings is 1. The van der Waals surface area contributed by atoms with Gasteiger partial charge in [-0.05, 0) is 50.1 Å². The first-order valence-electron chi connectivity index (χ1n) is 7.43. The molecule has 1 aromatic heterocycles. The van der Waals surface area contributed by atoms with Crippen molar-refractivity contribution in [1.82, 2.24) is 10.3 Å². The van der Waals surface area contributed by atoms with Crippen LogP contribution in [-0.4, -0.2) is 23.0 Å². The van der Waals surface area contributed by atoms with E-state index in [-0.39, 0.29) is 0 Å². The SMILES string of the molecule is Cc1ccc(Oc2ccc(NC(=O)[C@H](C)NC(N)=O)cn2)cc1C. The highest BCUT2D eigenvalue weighted by Gasteiger charge is 2.14. The van der Waals surface area contributed by atoms with Crippen molar-refractivity contribution in [2.45, 2.75) is 26.8 Å². The Hall–Kier alpha value is -3.09. The van der Waals surface area contributed by atoms with Crippen LogP contribution >= 0.6 is 0 Å². The highest BCUT2D eigenvalue weighted by molar-refractivity contribution is 5.96. The van der Waals surface area contributed by atoms with Crippen molar-refractivity contribution in [1.29, 1.82) is 0 Å². The summed E-state index contributed by atoms with van der Waals surface area (Å²) in [6, 6.07) is 7.60. The standard InChI is InChI=1S/C17H20N4O3/c1-10-4-6-14(8-11(10)2)24-15-7-5-13(9-19-15)21-16(22)12(3)20-17(18)23/h4-9,12H,1-3H3,(H,21,22)(H3,18,20,23)/t12-/m0/s1. The molecule has 0 saturated heterocycles. The normalized spacial score (nSPS) is 11.5. The molecule has 0 unspecified atom stereocenters. The Kier molecular flexibility index (Phi) is 5.36. The smallest absolute Gasteiger partial charge is 0.312 e. The third kappa shape index (κ3) is 4.70. The van der Waals surface area contributed by atoms with Crippen LogP contribution in [0.15, 0.2) is 36.5 Å². The van der Waals surface area contributed by atoms with Gasteiger partial charge in [-0.3, -0.25) is 4.79 Å². The van der Waals surface area contributed by atoms with Crippen molar-refractivity contribution in [2.24, 2.45) is 5.73 Å². The minimum Gasteiger partial charge on any atom is -0.439 e. The first kappa shape index (κ1) is 17.3. The summed E-state index contributed by atoms with van der Waals surface area (Å²) in [5.74, 6) is 0.722. The number of hydrogen-bond acceptors (Lipinski definition) is 4. The van der Waals surface area contributed by atoms with Gasteiger partial charge < -0.3 is 21.1 Å². The van der Waals surface area contributed by atoms with E-state index in [9.17, 15) is 9.59 Å². The van der Waals surface area contributed by atoms with Gasteiger partial charge in [0.15, 0.2) is 0 Å². The van der Waals surface area contributed by atoms with E-state index < -0.39 is 18.0 Å². The predicted molar refractivity (Wildman–Crippen MR) is 91.0 cm³/mol. The van der Waals surface area contributed by atoms with Crippen LogP contribution in [0.4, 0.5) is 10.5 Å². The predicted octanol–water partition coefficient (Wildman–Crippen LogP) is 2.49. The van der Waals surface area contributed by atoms with Gasteiger partial charge in [-0.25, -0.2) is 9.78 Å². The van der Waals surface area contributed by atoms with Gasteiger partial charge in [0.25, 0.3) is 0 Å². The maximum atomic E-state index is 11.9. The number of aromatic nitrogens is 1. The number of pyridine rings is 1. The Bertz CT molecular complexity index is 744. The zero-order valence-corrected chi connectivity index (χ0v) is 13.8. The van der Waals surface area contributed by atoms with Crippen LogP contribution < -0.4 is 21.1 Å². The molecule has 1 heterocycles. The van der Waals surface area contributed by atoms with E-state index >= 15 is 0 Å². The first-order valence-corrected chi connectivity index (χ1v) is 7.43. The number of urea groups is 1. The largest absolute Gasteiger partial charge is 0.439 e. The van der Waals surface area contributed by atoms with Gasteiger partial charge in [0.05, 0.1) is 11.9 Å². The van der Waals surface area contributed by atoms with Crippen LogP contribution in [0.5, 0.6) is 11.6 Å². The summed E-state index contributed by atoms with van der Waals surface area (Å²) in [6.45, 7) is 5.57. The van der Waals surface area contributed by atoms with Crippen LogP contribution in [0.3, 0.4) is 0 Å². The number of aryl methyl sites for hydroxylation is 2. The topological polar surface area (TPSA) is 106 Å². The van der Waals surface area contributed by atoms with Crippen LogP contribution in [0, 0.1) is 13.8 Å². The third-order valence-corrected chi connectivity index (χ3v) is 3.46. The number of nitrogens with zero attached hydrogens (tertiary/aromatic N) is 1. The minimum atomic E-state index is -0.757. The Morgan fingerprint density at radius 1 is 1.17 bits per heavy atom. The molecule has 7 nitrogen and oxygen atoms in total. The fourth-order valence-electron chi connectivity index (χ4n) is 1.94. The average Bonchev–Trinajstić information content (AvgIpc) is 2.52. The number of rotatable bonds is 5. The zero-order chi connectivity index (χ0) is 17.7. The molecule has 0 aliphatic rings. The van der Waals surface area contributed by atoms with Gasteiger partial charge in [0.1, 0.15) is 11.8 Å². The summed E-state index contributed by atoms with van der Waals surface area (Å²) in [6.07, 6.45) is 1.48. The van der Waals surface area contributed by atoms with Crippen molar-refractivity contribution >= 4 is 17.6 Å². The van der Waals surface area contributed by atoms with Crippen molar-refractivity contribution in [2.75, 3.05) is 5.32 Å². The molecular formula is C17H20N4O3. The van der Waals surface area contributed by atoms with Gasteiger partial charge >= 0.3 is 6.03 Å². The van der Waals surface area contributed by atoms with Gasteiger partial charge in [-0.2, -0.15) is 0 Å².